The Labute approximate surface area is 132 Å². The molecule has 0 amide bonds. The van der Waals surface area contributed by atoms with Crippen LogP contribution in [0.15, 0.2) is 70.6 Å². The van der Waals surface area contributed by atoms with Gasteiger partial charge >= 0.3 is 0 Å². The number of carbonyl (C=O) groups excluding carboxylic acids is 1. The summed E-state index contributed by atoms with van der Waals surface area (Å²) < 4.78 is 1.39. The van der Waals surface area contributed by atoms with E-state index in [1.807, 2.05) is 60.7 Å². The van der Waals surface area contributed by atoms with Crippen molar-refractivity contribution in [3.63, 3.8) is 0 Å². The van der Waals surface area contributed by atoms with Gasteiger partial charge in [0.15, 0.2) is 5.78 Å². The van der Waals surface area contributed by atoms with Crippen molar-refractivity contribution in [1.29, 1.82) is 0 Å². The van der Waals surface area contributed by atoms with Crippen molar-refractivity contribution in [3.8, 4) is 11.6 Å². The molecule has 0 spiro atoms. The summed E-state index contributed by atoms with van der Waals surface area (Å²) >= 11 is 1.36. The van der Waals surface area contributed by atoms with Gasteiger partial charge in [-0.25, -0.2) is 0 Å². The Kier molecular flexibility index (Phi) is 3.98. The van der Waals surface area contributed by atoms with Crippen LogP contribution in [0.5, 0.6) is 5.88 Å². The van der Waals surface area contributed by atoms with Crippen LogP contribution in [-0.4, -0.2) is 20.7 Å². The highest BCUT2D eigenvalue weighted by Gasteiger charge is 2.22. The number of para-hydroxylation sites is 1. The number of aromatic nitrogens is 2. The minimum atomic E-state index is -0.210. The fourth-order valence-electron chi connectivity index (χ4n) is 2.12. The molecular weight excluding hydrogens is 296 g/mol. The van der Waals surface area contributed by atoms with E-state index in [-0.39, 0.29) is 17.2 Å². The lowest BCUT2D eigenvalue weighted by molar-refractivity contribution is 0.101. The van der Waals surface area contributed by atoms with Gasteiger partial charge in [0.1, 0.15) is 10.6 Å². The van der Waals surface area contributed by atoms with E-state index in [4.69, 9.17) is 0 Å². The molecule has 0 saturated carbocycles. The van der Waals surface area contributed by atoms with E-state index in [1.54, 1.807) is 0 Å². The van der Waals surface area contributed by atoms with E-state index in [9.17, 15) is 9.90 Å². The van der Waals surface area contributed by atoms with Crippen molar-refractivity contribution in [2.75, 3.05) is 0 Å². The number of ketones is 1. The first-order valence-electron chi connectivity index (χ1n) is 6.78. The molecule has 0 saturated heterocycles. The maximum Gasteiger partial charge on any atom is 0.226 e. The van der Waals surface area contributed by atoms with Crippen molar-refractivity contribution in [3.05, 3.63) is 66.2 Å². The van der Waals surface area contributed by atoms with Crippen molar-refractivity contribution < 1.29 is 9.90 Å². The highest BCUT2D eigenvalue weighted by Crippen LogP contribution is 2.35. The van der Waals surface area contributed by atoms with Crippen LogP contribution in [0.3, 0.4) is 0 Å². The van der Waals surface area contributed by atoms with Gasteiger partial charge in [-0.15, -0.1) is 0 Å². The van der Waals surface area contributed by atoms with Crippen LogP contribution in [-0.2, 0) is 0 Å². The van der Waals surface area contributed by atoms with Crippen LogP contribution in [0, 0.1) is 0 Å². The third-order valence-electron chi connectivity index (χ3n) is 3.14. The predicted molar refractivity (Wildman–Crippen MR) is 85.8 cm³/mol. The summed E-state index contributed by atoms with van der Waals surface area (Å²) in [5, 5.41) is 15.3. The number of nitrogens with zero attached hydrogens (tertiary/aromatic N) is 2. The molecule has 4 nitrogen and oxygen atoms in total. The van der Waals surface area contributed by atoms with Gasteiger partial charge in [-0.1, -0.05) is 48.2 Å². The average molecular weight is 310 g/mol. The molecule has 2 aromatic carbocycles. The molecule has 1 heterocycles. The van der Waals surface area contributed by atoms with E-state index in [0.717, 1.165) is 4.90 Å². The Hall–Kier alpha value is -2.53. The van der Waals surface area contributed by atoms with Crippen molar-refractivity contribution in [2.45, 2.75) is 16.8 Å². The quantitative estimate of drug-likeness (QED) is 0.742. The summed E-state index contributed by atoms with van der Waals surface area (Å²) in [4.78, 5) is 12.9. The number of hydrogen-bond donors (Lipinski definition) is 1. The first kappa shape index (κ1) is 14.4. The smallest absolute Gasteiger partial charge is 0.226 e. The van der Waals surface area contributed by atoms with Gasteiger partial charge in [-0.3, -0.25) is 4.79 Å². The van der Waals surface area contributed by atoms with Gasteiger partial charge in [0.2, 0.25) is 5.88 Å². The van der Waals surface area contributed by atoms with E-state index < -0.39 is 0 Å². The summed E-state index contributed by atoms with van der Waals surface area (Å²) in [5.74, 6) is -0.338. The minimum Gasteiger partial charge on any atom is -0.493 e. The van der Waals surface area contributed by atoms with Crippen LogP contribution in [0.4, 0.5) is 0 Å². The van der Waals surface area contributed by atoms with Gasteiger partial charge in [-0.2, -0.15) is 9.78 Å². The van der Waals surface area contributed by atoms with Gasteiger partial charge in [-0.05, 0) is 31.2 Å². The molecule has 0 bridgehead atoms. The third-order valence-corrected chi connectivity index (χ3v) is 4.13. The van der Waals surface area contributed by atoms with Crippen molar-refractivity contribution in [1.82, 2.24) is 9.78 Å². The molecule has 110 valence electrons. The van der Waals surface area contributed by atoms with Crippen LogP contribution in [0.1, 0.15) is 17.3 Å². The van der Waals surface area contributed by atoms with E-state index in [1.165, 1.54) is 23.4 Å². The second-order valence-corrected chi connectivity index (χ2v) is 5.78. The molecule has 0 radical (unpaired) electrons. The number of benzene rings is 2. The molecule has 0 fully saturated rings. The van der Waals surface area contributed by atoms with Gasteiger partial charge in [0.05, 0.1) is 5.69 Å². The Balaban J connectivity index is 2.08. The third kappa shape index (κ3) is 2.76. The van der Waals surface area contributed by atoms with E-state index in [0.29, 0.717) is 10.7 Å². The predicted octanol–water partition coefficient (Wildman–Crippen LogP) is 3.93. The first-order valence-corrected chi connectivity index (χ1v) is 7.59. The summed E-state index contributed by atoms with van der Waals surface area (Å²) in [6.45, 7) is 1.43. The molecule has 22 heavy (non-hydrogen) atoms. The normalized spacial score (nSPS) is 10.6. The zero-order chi connectivity index (χ0) is 15.5. The highest BCUT2D eigenvalue weighted by molar-refractivity contribution is 7.99. The molecule has 0 aliphatic rings. The standard InChI is InChI=1S/C17H14N2O2S/c1-12(20)15-16(22-14-10-6-3-7-11-14)18-19(17(15)21)13-8-4-2-5-9-13/h2-11,21H,1H3. The molecule has 3 rings (SSSR count). The molecule has 0 aliphatic heterocycles. The molecule has 1 aromatic heterocycles. The number of hydrogen-bond acceptors (Lipinski definition) is 4. The van der Waals surface area contributed by atoms with Crippen molar-refractivity contribution in [2.24, 2.45) is 0 Å². The molecule has 5 heteroatoms. The first-order chi connectivity index (χ1) is 10.7. The zero-order valence-electron chi connectivity index (χ0n) is 11.9. The number of rotatable bonds is 4. The molecule has 0 atom stereocenters. The highest BCUT2D eigenvalue weighted by atomic mass is 32.2. The molecular formula is C17H14N2O2S. The van der Waals surface area contributed by atoms with Crippen LogP contribution in [0.25, 0.3) is 5.69 Å². The van der Waals surface area contributed by atoms with E-state index >= 15 is 0 Å². The maximum atomic E-state index is 11.9. The van der Waals surface area contributed by atoms with Crippen molar-refractivity contribution >= 4 is 17.5 Å². The second-order valence-electron chi connectivity index (χ2n) is 4.72. The summed E-state index contributed by atoms with van der Waals surface area (Å²) in [6, 6.07) is 18.9. The van der Waals surface area contributed by atoms with Crippen LogP contribution >= 0.6 is 11.8 Å². The Bertz CT molecular complexity index is 798. The number of Topliss-reactive ketones (excluding diaryl/α,β-unsaturated/α-hetero) is 1. The topological polar surface area (TPSA) is 55.1 Å². The number of aromatic hydroxyl groups is 1. The van der Waals surface area contributed by atoms with Crippen LogP contribution in [0.2, 0.25) is 0 Å². The molecule has 0 aliphatic carbocycles. The fourth-order valence-corrected chi connectivity index (χ4v) is 3.09. The number of carbonyl (C=O) groups is 1. The molecule has 1 N–H and O–H groups in total. The summed E-state index contributed by atoms with van der Waals surface area (Å²) in [6.07, 6.45) is 0. The van der Waals surface area contributed by atoms with E-state index in [2.05, 4.69) is 5.10 Å². The Morgan fingerprint density at radius 1 is 1.05 bits per heavy atom. The lowest BCUT2D eigenvalue weighted by Crippen LogP contribution is -1.96. The van der Waals surface area contributed by atoms with Crippen LogP contribution < -0.4 is 0 Å². The summed E-state index contributed by atoms with van der Waals surface area (Å²) in [5.41, 5.74) is 0.958. The SMILES string of the molecule is CC(=O)c1c(Sc2ccccc2)nn(-c2ccccc2)c1O. The second kappa shape index (κ2) is 6.07. The fraction of sp³-hybridized carbons (Fsp3) is 0.0588. The Morgan fingerprint density at radius 3 is 2.23 bits per heavy atom. The Morgan fingerprint density at radius 2 is 1.64 bits per heavy atom. The monoisotopic (exact) mass is 310 g/mol. The van der Waals surface area contributed by atoms with Gasteiger partial charge < -0.3 is 5.11 Å². The maximum absolute atomic E-state index is 11.9. The molecule has 0 unspecified atom stereocenters. The summed E-state index contributed by atoms with van der Waals surface area (Å²) in [7, 11) is 0. The lowest BCUT2D eigenvalue weighted by atomic mass is 10.2. The zero-order valence-corrected chi connectivity index (χ0v) is 12.7. The lowest BCUT2D eigenvalue weighted by Gasteiger charge is -2.01. The van der Waals surface area contributed by atoms with Gasteiger partial charge in [0, 0.05) is 4.90 Å². The largest absolute Gasteiger partial charge is 0.493 e. The van der Waals surface area contributed by atoms with Gasteiger partial charge in [0.25, 0.3) is 0 Å². The minimum absolute atomic E-state index is 0.128. The average Bonchev–Trinajstić information content (AvgIpc) is 2.85. The molecule has 3 aromatic rings.